The van der Waals surface area contributed by atoms with Crippen LogP contribution in [0.4, 0.5) is 10.1 Å². The number of benzene rings is 2. The average molecular weight is 546 g/mol. The first-order valence-electron chi connectivity index (χ1n) is 11.1. The van der Waals surface area contributed by atoms with Crippen LogP contribution >= 0.6 is 23.2 Å². The highest BCUT2D eigenvalue weighted by molar-refractivity contribution is 7.92. The monoisotopic (exact) mass is 545 g/mol. The molecular weight excluding hydrogens is 516 g/mol. The number of sulfonamides is 1. The van der Waals surface area contributed by atoms with E-state index in [0.29, 0.717) is 21.3 Å². The molecular formula is C24H30Cl2FN3O4S. The Morgan fingerprint density at radius 1 is 1.06 bits per heavy atom. The summed E-state index contributed by atoms with van der Waals surface area (Å²) >= 11 is 12.1. The van der Waals surface area contributed by atoms with Gasteiger partial charge in [0.15, 0.2) is 0 Å². The predicted octanol–water partition coefficient (Wildman–Crippen LogP) is 4.62. The molecule has 192 valence electrons. The highest BCUT2D eigenvalue weighted by Gasteiger charge is 2.32. The maximum absolute atomic E-state index is 14.5. The van der Waals surface area contributed by atoms with Crippen LogP contribution in [-0.4, -0.2) is 50.0 Å². The van der Waals surface area contributed by atoms with Gasteiger partial charge in [-0.3, -0.25) is 13.9 Å². The molecule has 2 atom stereocenters. The smallest absolute Gasteiger partial charge is 0.244 e. The summed E-state index contributed by atoms with van der Waals surface area (Å²) in [5.41, 5.74) is 0.342. The summed E-state index contributed by atoms with van der Waals surface area (Å²) in [6.45, 7) is 4.80. The van der Waals surface area contributed by atoms with Crippen molar-refractivity contribution in [2.45, 2.75) is 52.2 Å². The number of nitrogens with one attached hydrogen (secondary N) is 1. The molecule has 0 radical (unpaired) electrons. The van der Waals surface area contributed by atoms with Crippen LogP contribution in [0.1, 0.15) is 39.2 Å². The largest absolute Gasteiger partial charge is 0.352 e. The Morgan fingerprint density at radius 2 is 1.71 bits per heavy atom. The minimum Gasteiger partial charge on any atom is -0.352 e. The van der Waals surface area contributed by atoms with Crippen LogP contribution in [0.2, 0.25) is 10.0 Å². The molecule has 35 heavy (non-hydrogen) atoms. The van der Waals surface area contributed by atoms with Crippen molar-refractivity contribution in [2.24, 2.45) is 0 Å². The van der Waals surface area contributed by atoms with Gasteiger partial charge in [0.05, 0.1) is 22.0 Å². The van der Waals surface area contributed by atoms with Crippen LogP contribution in [0, 0.1) is 5.82 Å². The fourth-order valence-corrected chi connectivity index (χ4v) is 4.62. The highest BCUT2D eigenvalue weighted by atomic mass is 35.5. The van der Waals surface area contributed by atoms with Gasteiger partial charge in [-0.05, 0) is 49.6 Å². The van der Waals surface area contributed by atoms with E-state index in [1.165, 1.54) is 23.1 Å². The number of para-hydroxylation sites is 1. The molecule has 7 nitrogen and oxygen atoms in total. The number of anilines is 1. The first-order chi connectivity index (χ1) is 16.4. The number of carbonyl (C=O) groups is 2. The quantitative estimate of drug-likeness (QED) is 0.446. The molecule has 0 aliphatic heterocycles. The molecule has 11 heteroatoms. The van der Waals surface area contributed by atoms with Gasteiger partial charge in [-0.1, -0.05) is 55.2 Å². The van der Waals surface area contributed by atoms with Gasteiger partial charge in [-0.25, -0.2) is 12.8 Å². The van der Waals surface area contributed by atoms with Crippen LogP contribution in [-0.2, 0) is 26.2 Å². The molecule has 0 aromatic heterocycles. The highest BCUT2D eigenvalue weighted by Crippen LogP contribution is 2.25. The standard InChI is InChI=1S/C24H30Cl2FN3O4S/c1-5-16(3)28-24(32)21(6-2)29(14-17-11-12-18(25)19(26)13-17)23(31)15-30(35(4,33)34)22-10-8-7-9-20(22)27/h7-13,16,21H,5-6,14-15H2,1-4H3,(H,28,32)/t16-,21-/m1/s1. The molecule has 0 aliphatic carbocycles. The van der Waals surface area contributed by atoms with Crippen molar-refractivity contribution in [3.63, 3.8) is 0 Å². The average Bonchev–Trinajstić information content (AvgIpc) is 2.79. The van der Waals surface area contributed by atoms with Crippen LogP contribution < -0.4 is 9.62 Å². The van der Waals surface area contributed by atoms with Crippen LogP contribution in [0.5, 0.6) is 0 Å². The SMILES string of the molecule is CC[C@@H](C)NC(=O)[C@@H](CC)N(Cc1ccc(Cl)c(Cl)c1)C(=O)CN(c1ccccc1F)S(C)(=O)=O. The third-order valence-electron chi connectivity index (χ3n) is 5.52. The van der Waals surface area contributed by atoms with Gasteiger partial charge in [0.2, 0.25) is 21.8 Å². The Morgan fingerprint density at radius 3 is 2.26 bits per heavy atom. The summed E-state index contributed by atoms with van der Waals surface area (Å²) < 4.78 is 40.2. The molecule has 0 fully saturated rings. The van der Waals surface area contributed by atoms with Gasteiger partial charge in [0.25, 0.3) is 0 Å². The van der Waals surface area contributed by atoms with Crippen molar-refractivity contribution in [2.75, 3.05) is 17.1 Å². The number of halogens is 3. The topological polar surface area (TPSA) is 86.8 Å². The van der Waals surface area contributed by atoms with Crippen molar-refractivity contribution >= 4 is 50.7 Å². The summed E-state index contributed by atoms with van der Waals surface area (Å²) in [5.74, 6) is -1.83. The van der Waals surface area contributed by atoms with Crippen molar-refractivity contribution < 1.29 is 22.4 Å². The summed E-state index contributed by atoms with van der Waals surface area (Å²) in [7, 11) is -4.02. The number of rotatable bonds is 11. The predicted molar refractivity (Wildman–Crippen MR) is 138 cm³/mol. The molecule has 0 heterocycles. The van der Waals surface area contributed by atoms with Crippen molar-refractivity contribution in [1.29, 1.82) is 0 Å². The first-order valence-corrected chi connectivity index (χ1v) is 13.7. The molecule has 0 saturated heterocycles. The Labute approximate surface area is 216 Å². The third-order valence-corrected chi connectivity index (χ3v) is 7.39. The van der Waals surface area contributed by atoms with Gasteiger partial charge in [0.1, 0.15) is 18.4 Å². The molecule has 2 aromatic rings. The lowest BCUT2D eigenvalue weighted by Gasteiger charge is -2.33. The third kappa shape index (κ3) is 7.81. The lowest BCUT2D eigenvalue weighted by atomic mass is 10.1. The lowest BCUT2D eigenvalue weighted by Crippen LogP contribution is -2.53. The van der Waals surface area contributed by atoms with E-state index < -0.39 is 34.3 Å². The molecule has 1 N–H and O–H groups in total. The lowest BCUT2D eigenvalue weighted by molar-refractivity contribution is -0.140. The fourth-order valence-electron chi connectivity index (χ4n) is 3.44. The normalized spacial score (nSPS) is 13.1. The van der Waals surface area contributed by atoms with Crippen LogP contribution in [0.15, 0.2) is 42.5 Å². The van der Waals surface area contributed by atoms with E-state index in [9.17, 15) is 22.4 Å². The van der Waals surface area contributed by atoms with E-state index >= 15 is 0 Å². The molecule has 2 aromatic carbocycles. The zero-order chi connectivity index (χ0) is 26.3. The molecule has 0 bridgehead atoms. The summed E-state index contributed by atoms with van der Waals surface area (Å²) in [6.07, 6.45) is 1.86. The van der Waals surface area contributed by atoms with Gasteiger partial charge in [-0.2, -0.15) is 0 Å². The Kier molecular flexibility index (Phi) is 10.4. The van der Waals surface area contributed by atoms with Crippen LogP contribution in [0.25, 0.3) is 0 Å². The van der Waals surface area contributed by atoms with Crippen molar-refractivity contribution in [3.8, 4) is 0 Å². The van der Waals surface area contributed by atoms with Gasteiger partial charge >= 0.3 is 0 Å². The van der Waals surface area contributed by atoms with E-state index in [1.807, 2.05) is 13.8 Å². The Bertz CT molecular complexity index is 1160. The molecule has 0 aliphatic rings. The minimum absolute atomic E-state index is 0.0307. The molecule has 2 rings (SSSR count). The second-order valence-corrected chi connectivity index (χ2v) is 11.0. The summed E-state index contributed by atoms with van der Waals surface area (Å²) in [5, 5.41) is 3.48. The maximum Gasteiger partial charge on any atom is 0.244 e. The number of amides is 2. The van der Waals surface area contributed by atoms with Gasteiger partial charge < -0.3 is 10.2 Å². The van der Waals surface area contributed by atoms with E-state index in [-0.39, 0.29) is 35.6 Å². The Balaban J connectivity index is 2.48. The summed E-state index contributed by atoms with van der Waals surface area (Å²) in [4.78, 5) is 27.9. The van der Waals surface area contributed by atoms with Crippen molar-refractivity contribution in [1.82, 2.24) is 10.2 Å². The minimum atomic E-state index is -4.02. The first kappa shape index (κ1) is 28.9. The fraction of sp³-hybridized carbons (Fsp3) is 0.417. The number of hydrogen-bond donors (Lipinski definition) is 1. The van der Waals surface area contributed by atoms with E-state index in [0.717, 1.165) is 12.3 Å². The van der Waals surface area contributed by atoms with Gasteiger partial charge in [0, 0.05) is 12.6 Å². The molecule has 2 amide bonds. The van der Waals surface area contributed by atoms with E-state index in [1.54, 1.807) is 25.1 Å². The molecule has 0 spiro atoms. The molecule has 0 saturated carbocycles. The second kappa shape index (κ2) is 12.6. The number of nitrogens with zero attached hydrogens (tertiary/aromatic N) is 2. The van der Waals surface area contributed by atoms with Crippen molar-refractivity contribution in [3.05, 3.63) is 63.9 Å². The zero-order valence-corrected chi connectivity index (χ0v) is 22.4. The van der Waals surface area contributed by atoms with E-state index in [2.05, 4.69) is 5.32 Å². The van der Waals surface area contributed by atoms with E-state index in [4.69, 9.17) is 23.2 Å². The number of carbonyl (C=O) groups excluding carboxylic acids is 2. The van der Waals surface area contributed by atoms with Gasteiger partial charge in [-0.15, -0.1) is 0 Å². The maximum atomic E-state index is 14.5. The second-order valence-electron chi connectivity index (χ2n) is 8.23. The number of hydrogen-bond acceptors (Lipinski definition) is 4. The Hall–Kier alpha value is -2.36. The van der Waals surface area contributed by atoms with Crippen LogP contribution in [0.3, 0.4) is 0 Å². The summed E-state index contributed by atoms with van der Waals surface area (Å²) in [6, 6.07) is 9.09. The zero-order valence-electron chi connectivity index (χ0n) is 20.1. The molecule has 0 unspecified atom stereocenters.